The summed E-state index contributed by atoms with van der Waals surface area (Å²) in [4.78, 5) is 25.5. The van der Waals surface area contributed by atoms with Gasteiger partial charge in [-0.15, -0.1) is 11.3 Å². The predicted octanol–water partition coefficient (Wildman–Crippen LogP) is 2.15. The molecule has 2 atom stereocenters. The molecular weight excluding hydrogens is 333 g/mol. The summed E-state index contributed by atoms with van der Waals surface area (Å²) in [6.45, 7) is 4.27. The quantitative estimate of drug-likeness (QED) is 0.858. The molecule has 1 aromatic heterocycles. The van der Waals surface area contributed by atoms with Gasteiger partial charge in [0.1, 0.15) is 0 Å². The third kappa shape index (κ3) is 4.68. The number of aliphatic carboxylic acids is 1. The second-order valence-corrected chi connectivity index (χ2v) is 6.89. The molecule has 23 heavy (non-hydrogen) atoms. The van der Waals surface area contributed by atoms with Gasteiger partial charge in [-0.3, -0.25) is 9.69 Å². The van der Waals surface area contributed by atoms with E-state index in [1.165, 1.54) is 9.75 Å². The molecule has 2 saturated heterocycles. The van der Waals surface area contributed by atoms with Gasteiger partial charge in [0.05, 0.1) is 0 Å². The van der Waals surface area contributed by atoms with E-state index >= 15 is 0 Å². The first-order valence-electron chi connectivity index (χ1n) is 7.05. The van der Waals surface area contributed by atoms with E-state index in [4.69, 9.17) is 9.90 Å². The molecule has 1 aromatic rings. The average Bonchev–Trinajstić information content (AvgIpc) is 3.08. The molecule has 0 aliphatic carbocycles. The van der Waals surface area contributed by atoms with Gasteiger partial charge in [0.2, 0.25) is 5.91 Å². The Morgan fingerprint density at radius 3 is 2.65 bits per heavy atom. The Hall–Kier alpha value is -1.61. The minimum absolute atomic E-state index is 0.224. The van der Waals surface area contributed by atoms with Crippen molar-refractivity contribution >= 4 is 23.2 Å². The van der Waals surface area contributed by atoms with Crippen molar-refractivity contribution in [1.82, 2.24) is 10.2 Å². The minimum Gasteiger partial charge on any atom is -0.475 e. The maximum atomic E-state index is 11.3. The van der Waals surface area contributed by atoms with Crippen LogP contribution in [0.1, 0.15) is 22.6 Å². The van der Waals surface area contributed by atoms with E-state index in [1.54, 1.807) is 0 Å². The summed E-state index contributed by atoms with van der Waals surface area (Å²) < 4.78 is 31.7. The largest absolute Gasteiger partial charge is 0.490 e. The molecule has 0 radical (unpaired) electrons. The molecule has 2 aliphatic heterocycles. The summed E-state index contributed by atoms with van der Waals surface area (Å²) in [5.41, 5.74) is 0. The van der Waals surface area contributed by atoms with Crippen LogP contribution in [0.5, 0.6) is 0 Å². The highest BCUT2D eigenvalue weighted by Gasteiger charge is 2.41. The Bertz CT molecular complexity index is 588. The minimum atomic E-state index is -5.08. The molecule has 0 aromatic carbocycles. The molecular formula is C14H17F3N2O3S. The zero-order valence-electron chi connectivity index (χ0n) is 12.4. The molecule has 0 spiro atoms. The van der Waals surface area contributed by atoms with Crippen molar-refractivity contribution in [2.24, 2.45) is 0 Å². The van der Waals surface area contributed by atoms with Crippen LogP contribution in [0.25, 0.3) is 0 Å². The lowest BCUT2D eigenvalue weighted by Crippen LogP contribution is -2.33. The van der Waals surface area contributed by atoms with Gasteiger partial charge in [-0.05, 0) is 25.5 Å². The van der Waals surface area contributed by atoms with E-state index in [2.05, 4.69) is 29.3 Å². The summed E-state index contributed by atoms with van der Waals surface area (Å²) >= 11 is 1.86. The number of fused-ring (bicyclic) bond motifs is 1. The topological polar surface area (TPSA) is 69.6 Å². The highest BCUT2D eigenvalue weighted by molar-refractivity contribution is 7.11. The number of likely N-dealkylation sites (tertiary alicyclic amines) is 1. The fraction of sp³-hybridized carbons (Fsp3) is 0.571. The first-order chi connectivity index (χ1) is 10.7. The van der Waals surface area contributed by atoms with Crippen LogP contribution in [0, 0.1) is 6.92 Å². The van der Waals surface area contributed by atoms with E-state index in [9.17, 15) is 18.0 Å². The number of nitrogens with zero attached hydrogens (tertiary/aromatic N) is 1. The van der Waals surface area contributed by atoms with Gasteiger partial charge in [-0.1, -0.05) is 0 Å². The zero-order chi connectivity index (χ0) is 17.2. The highest BCUT2D eigenvalue weighted by atomic mass is 32.1. The van der Waals surface area contributed by atoms with E-state index in [0.717, 1.165) is 19.5 Å². The van der Waals surface area contributed by atoms with Gasteiger partial charge in [0.25, 0.3) is 0 Å². The number of carbonyl (C=O) groups excluding carboxylic acids is 1. The van der Waals surface area contributed by atoms with Crippen molar-refractivity contribution < 1.29 is 27.9 Å². The summed E-state index contributed by atoms with van der Waals surface area (Å²) in [6, 6.07) is 5.23. The molecule has 128 valence electrons. The second kappa shape index (κ2) is 6.88. The number of rotatable bonds is 2. The van der Waals surface area contributed by atoms with Crippen LogP contribution in [-0.2, 0) is 16.1 Å². The summed E-state index contributed by atoms with van der Waals surface area (Å²) in [5.74, 6) is -2.53. The number of alkyl halides is 3. The number of halogens is 3. The Labute approximate surface area is 135 Å². The third-order valence-electron chi connectivity index (χ3n) is 3.80. The Kier molecular flexibility index (Phi) is 5.30. The van der Waals surface area contributed by atoms with Gasteiger partial charge < -0.3 is 10.4 Å². The van der Waals surface area contributed by atoms with Crippen LogP contribution < -0.4 is 5.32 Å². The van der Waals surface area contributed by atoms with Crippen molar-refractivity contribution in [2.75, 3.05) is 6.54 Å². The van der Waals surface area contributed by atoms with Crippen molar-refractivity contribution in [3.8, 4) is 0 Å². The number of amides is 1. The summed E-state index contributed by atoms with van der Waals surface area (Å²) in [7, 11) is 0. The molecule has 2 N–H and O–H groups in total. The predicted molar refractivity (Wildman–Crippen MR) is 78.1 cm³/mol. The number of nitrogens with one attached hydrogen (secondary N) is 1. The van der Waals surface area contributed by atoms with Crippen molar-refractivity contribution in [3.63, 3.8) is 0 Å². The summed E-state index contributed by atoms with van der Waals surface area (Å²) in [6.07, 6.45) is -3.28. The van der Waals surface area contributed by atoms with Crippen molar-refractivity contribution in [1.29, 1.82) is 0 Å². The van der Waals surface area contributed by atoms with Crippen LogP contribution in [0.15, 0.2) is 12.1 Å². The standard InChI is InChI=1S/C12H16N2OS.C2HF3O2/c1-8-2-3-9(16-8)7-14-5-4-10-11(14)6-12(15)13-10;3-2(4,5)1(6)7/h2-3,10-11H,4-7H2,1H3,(H,13,15);(H,6,7). The van der Waals surface area contributed by atoms with E-state index in [-0.39, 0.29) is 5.91 Å². The zero-order valence-corrected chi connectivity index (χ0v) is 13.2. The lowest BCUT2D eigenvalue weighted by atomic mass is 10.1. The second-order valence-electron chi connectivity index (χ2n) is 5.52. The Balaban J connectivity index is 0.000000236. The van der Waals surface area contributed by atoms with Crippen LogP contribution in [0.4, 0.5) is 13.2 Å². The number of thiophene rings is 1. The fourth-order valence-corrected chi connectivity index (χ4v) is 3.70. The SMILES string of the molecule is Cc1ccc(CN2CCC3NC(=O)CC32)s1.O=C(O)C(F)(F)F. The van der Waals surface area contributed by atoms with E-state index in [0.29, 0.717) is 18.5 Å². The lowest BCUT2D eigenvalue weighted by molar-refractivity contribution is -0.192. The molecule has 5 nitrogen and oxygen atoms in total. The number of aryl methyl sites for hydroxylation is 1. The third-order valence-corrected chi connectivity index (χ3v) is 4.78. The van der Waals surface area contributed by atoms with Gasteiger partial charge in [0.15, 0.2) is 0 Å². The number of carboxylic acid groups (broad SMARTS) is 1. The molecule has 1 amide bonds. The normalized spacial score (nSPS) is 23.9. The maximum absolute atomic E-state index is 11.3. The highest BCUT2D eigenvalue weighted by Crippen LogP contribution is 2.28. The number of hydrogen-bond donors (Lipinski definition) is 2. The lowest BCUT2D eigenvalue weighted by Gasteiger charge is -2.21. The maximum Gasteiger partial charge on any atom is 0.490 e. The molecule has 2 aliphatic rings. The molecule has 2 fully saturated rings. The van der Waals surface area contributed by atoms with Crippen LogP contribution in [0.3, 0.4) is 0 Å². The first-order valence-corrected chi connectivity index (χ1v) is 7.87. The molecule has 9 heteroatoms. The smallest absolute Gasteiger partial charge is 0.475 e. The number of carbonyl (C=O) groups is 2. The summed E-state index contributed by atoms with van der Waals surface area (Å²) in [5, 5.41) is 10.2. The van der Waals surface area contributed by atoms with Crippen molar-refractivity contribution in [2.45, 2.75) is 44.6 Å². The van der Waals surface area contributed by atoms with Gasteiger partial charge in [-0.2, -0.15) is 13.2 Å². The molecule has 3 heterocycles. The Morgan fingerprint density at radius 1 is 1.48 bits per heavy atom. The molecule has 2 unspecified atom stereocenters. The molecule has 3 rings (SSSR count). The molecule has 0 bridgehead atoms. The fourth-order valence-electron chi connectivity index (χ4n) is 2.78. The van der Waals surface area contributed by atoms with Gasteiger partial charge in [0, 0.05) is 41.3 Å². The van der Waals surface area contributed by atoms with Gasteiger partial charge in [-0.25, -0.2) is 4.79 Å². The average molecular weight is 350 g/mol. The number of hydrogen-bond acceptors (Lipinski definition) is 4. The first kappa shape index (κ1) is 17.7. The van der Waals surface area contributed by atoms with Crippen LogP contribution in [-0.4, -0.2) is 46.7 Å². The monoisotopic (exact) mass is 350 g/mol. The van der Waals surface area contributed by atoms with Crippen molar-refractivity contribution in [3.05, 3.63) is 21.9 Å². The number of carboxylic acids is 1. The molecule has 0 saturated carbocycles. The van der Waals surface area contributed by atoms with Crippen LogP contribution >= 0.6 is 11.3 Å². The Morgan fingerprint density at radius 2 is 2.13 bits per heavy atom. The van der Waals surface area contributed by atoms with Gasteiger partial charge >= 0.3 is 12.1 Å². The van der Waals surface area contributed by atoms with E-state index in [1.807, 2.05) is 11.3 Å². The van der Waals surface area contributed by atoms with Crippen LogP contribution in [0.2, 0.25) is 0 Å². The van der Waals surface area contributed by atoms with E-state index < -0.39 is 12.1 Å².